The van der Waals surface area contributed by atoms with Gasteiger partial charge in [-0.3, -0.25) is 9.59 Å². The number of benzene rings is 2. The van der Waals surface area contributed by atoms with Crippen LogP contribution in [0.15, 0.2) is 36.9 Å². The molecule has 0 aliphatic carbocycles. The molecule has 2 aromatic rings. The van der Waals surface area contributed by atoms with Gasteiger partial charge in [0.1, 0.15) is 23.0 Å². The summed E-state index contributed by atoms with van der Waals surface area (Å²) in [4.78, 5) is 23.2. The van der Waals surface area contributed by atoms with Crippen molar-refractivity contribution >= 4 is 11.9 Å². The minimum absolute atomic E-state index is 0.0885. The van der Waals surface area contributed by atoms with Gasteiger partial charge in [-0.1, -0.05) is 25.5 Å². The summed E-state index contributed by atoms with van der Waals surface area (Å²) in [6.45, 7) is 6.82. The van der Waals surface area contributed by atoms with Crippen LogP contribution < -0.4 is 24.3 Å². The van der Waals surface area contributed by atoms with Crippen LogP contribution in [0.3, 0.4) is 0 Å². The summed E-state index contributed by atoms with van der Waals surface area (Å²) in [5.41, 5.74) is 3.43. The van der Waals surface area contributed by atoms with Crippen molar-refractivity contribution in [2.45, 2.75) is 64.4 Å². The molecule has 1 heterocycles. The van der Waals surface area contributed by atoms with Crippen molar-refractivity contribution in [2.24, 2.45) is 0 Å². The molecular formula is C30H39NO7. The van der Waals surface area contributed by atoms with Crippen molar-refractivity contribution in [3.05, 3.63) is 59.2 Å². The number of hydrogen-bond acceptors (Lipinski definition) is 6. The Morgan fingerprint density at radius 1 is 1.16 bits per heavy atom. The fourth-order valence-corrected chi connectivity index (χ4v) is 4.71. The van der Waals surface area contributed by atoms with Crippen LogP contribution in [0, 0.1) is 0 Å². The highest BCUT2D eigenvalue weighted by Crippen LogP contribution is 2.39. The van der Waals surface area contributed by atoms with Crippen LogP contribution in [0.2, 0.25) is 0 Å². The van der Waals surface area contributed by atoms with Gasteiger partial charge in [0.15, 0.2) is 0 Å². The second-order valence-electron chi connectivity index (χ2n) is 9.24. The maximum Gasteiger partial charge on any atom is 0.303 e. The van der Waals surface area contributed by atoms with Crippen molar-refractivity contribution < 1.29 is 33.6 Å². The van der Waals surface area contributed by atoms with Gasteiger partial charge >= 0.3 is 5.97 Å². The summed E-state index contributed by atoms with van der Waals surface area (Å²) in [6, 6.07) is 7.55. The van der Waals surface area contributed by atoms with Crippen molar-refractivity contribution in [3.63, 3.8) is 0 Å². The monoisotopic (exact) mass is 525 g/mol. The van der Waals surface area contributed by atoms with Crippen LogP contribution in [0.25, 0.3) is 0 Å². The van der Waals surface area contributed by atoms with Crippen LogP contribution in [-0.2, 0) is 24.1 Å². The molecule has 0 saturated carbocycles. The van der Waals surface area contributed by atoms with E-state index in [1.54, 1.807) is 25.3 Å². The van der Waals surface area contributed by atoms with E-state index in [4.69, 9.17) is 24.1 Å². The zero-order valence-electron chi connectivity index (χ0n) is 22.6. The lowest BCUT2D eigenvalue weighted by Gasteiger charge is -2.29. The molecule has 0 bridgehead atoms. The number of hydrogen-bond donors (Lipinski definition) is 2. The van der Waals surface area contributed by atoms with Crippen molar-refractivity contribution in [1.29, 1.82) is 0 Å². The molecule has 1 amide bonds. The molecule has 1 aliphatic rings. The first kappa shape index (κ1) is 28.9. The van der Waals surface area contributed by atoms with Gasteiger partial charge < -0.3 is 29.4 Å². The average molecular weight is 526 g/mol. The molecule has 0 aromatic heterocycles. The highest BCUT2D eigenvalue weighted by Gasteiger charge is 2.25. The minimum atomic E-state index is -0.801. The summed E-state index contributed by atoms with van der Waals surface area (Å²) in [5.74, 6) is 1.77. The molecule has 3 rings (SSSR count). The van der Waals surface area contributed by atoms with Gasteiger partial charge in [-0.2, -0.15) is 0 Å². The molecule has 206 valence electrons. The molecule has 0 fully saturated rings. The molecule has 0 spiro atoms. The number of carbonyl (C=O) groups excluding carboxylic acids is 1. The van der Waals surface area contributed by atoms with Gasteiger partial charge in [-0.25, -0.2) is 0 Å². The van der Waals surface area contributed by atoms with Crippen molar-refractivity contribution in [3.8, 4) is 23.0 Å². The Bertz CT molecular complexity index is 1130. The lowest BCUT2D eigenvalue weighted by Crippen LogP contribution is -2.24. The third kappa shape index (κ3) is 7.21. The molecule has 2 N–H and O–H groups in total. The zero-order chi connectivity index (χ0) is 27.5. The lowest BCUT2D eigenvalue weighted by molar-refractivity contribution is -0.137. The van der Waals surface area contributed by atoms with E-state index in [1.165, 1.54) is 7.11 Å². The number of aryl methyl sites for hydroxylation is 1. The maximum atomic E-state index is 12.2. The van der Waals surface area contributed by atoms with E-state index in [0.29, 0.717) is 49.5 Å². The normalized spacial score (nSPS) is 14.1. The number of carbonyl (C=O) groups is 2. The van der Waals surface area contributed by atoms with Gasteiger partial charge in [0.25, 0.3) is 5.91 Å². The summed E-state index contributed by atoms with van der Waals surface area (Å²) in [7, 11) is 3.12. The number of nitrogens with one attached hydrogen (secondary N) is 1. The number of ether oxygens (including phenoxy) is 4. The average Bonchev–Trinajstić information content (AvgIpc) is 2.92. The van der Waals surface area contributed by atoms with Gasteiger partial charge in [-0.05, 0) is 55.9 Å². The Kier molecular flexibility index (Phi) is 10.9. The molecule has 0 radical (unpaired) electrons. The van der Waals surface area contributed by atoms with Crippen LogP contribution in [0.4, 0.5) is 0 Å². The Morgan fingerprint density at radius 3 is 2.50 bits per heavy atom. The largest absolute Gasteiger partial charge is 0.495 e. The number of allylic oxidation sites excluding steroid dienone is 1. The number of amides is 1. The van der Waals surface area contributed by atoms with E-state index in [9.17, 15) is 9.59 Å². The van der Waals surface area contributed by atoms with Gasteiger partial charge in [0.2, 0.25) is 0 Å². The Balaban J connectivity index is 1.64. The number of carboxylic acid groups (broad SMARTS) is 1. The smallest absolute Gasteiger partial charge is 0.303 e. The van der Waals surface area contributed by atoms with Crippen molar-refractivity contribution in [2.75, 3.05) is 27.4 Å². The third-order valence-electron chi connectivity index (χ3n) is 6.55. The second kappa shape index (κ2) is 14.3. The predicted octanol–water partition coefficient (Wildman–Crippen LogP) is 5.14. The zero-order valence-corrected chi connectivity index (χ0v) is 22.6. The van der Waals surface area contributed by atoms with Crippen LogP contribution in [-0.4, -0.2) is 50.5 Å². The Morgan fingerprint density at radius 2 is 1.87 bits per heavy atom. The molecule has 0 saturated heterocycles. The van der Waals surface area contributed by atoms with E-state index in [1.807, 2.05) is 6.07 Å². The van der Waals surface area contributed by atoms with Crippen molar-refractivity contribution in [1.82, 2.24) is 5.32 Å². The molecular weight excluding hydrogens is 486 g/mol. The summed E-state index contributed by atoms with van der Waals surface area (Å²) < 4.78 is 24.0. The van der Waals surface area contributed by atoms with E-state index >= 15 is 0 Å². The van der Waals surface area contributed by atoms with Crippen LogP contribution in [0.5, 0.6) is 23.0 Å². The first-order valence-corrected chi connectivity index (χ1v) is 13.2. The lowest BCUT2D eigenvalue weighted by atomic mass is 9.95. The van der Waals surface area contributed by atoms with E-state index < -0.39 is 5.97 Å². The molecule has 2 aromatic carbocycles. The number of carboxylic acids is 1. The summed E-state index contributed by atoms with van der Waals surface area (Å²) in [6.07, 6.45) is 6.89. The molecule has 1 atom stereocenters. The quantitative estimate of drug-likeness (QED) is 0.245. The first-order valence-electron chi connectivity index (χ1n) is 13.2. The standard InChI is InChI=1S/C30H39NO7/c1-5-8-22-25(15-11-20-10-12-21(38-28(20)22)13-17-27(32)33)36-18-7-19-37-26-16-14-24(30(34)31-3)29(35-4)23(26)9-6-2/h6,11,14-16,21H,2,5,7-10,12-13,17-19H2,1,3-4H3,(H,31,34)(H,32,33). The number of methoxy groups -OCH3 is 1. The van der Waals surface area contributed by atoms with E-state index in [-0.39, 0.29) is 18.4 Å². The first-order chi connectivity index (χ1) is 18.4. The Hall–Kier alpha value is -3.68. The Labute approximate surface area is 224 Å². The molecule has 38 heavy (non-hydrogen) atoms. The van der Waals surface area contributed by atoms with E-state index in [2.05, 4.69) is 24.9 Å². The van der Waals surface area contributed by atoms with Crippen LogP contribution >= 0.6 is 0 Å². The summed E-state index contributed by atoms with van der Waals surface area (Å²) >= 11 is 0. The highest BCUT2D eigenvalue weighted by atomic mass is 16.5. The van der Waals surface area contributed by atoms with Gasteiger partial charge in [0.05, 0.1) is 32.0 Å². The summed E-state index contributed by atoms with van der Waals surface area (Å²) in [5, 5.41) is 11.7. The molecule has 8 heteroatoms. The molecule has 1 unspecified atom stereocenters. The SMILES string of the molecule is C=CCc1c(OCCCOc2ccc3c(c2CCC)OC(CCC(=O)O)CC3)ccc(C(=O)NC)c1OC. The topological polar surface area (TPSA) is 103 Å². The minimum Gasteiger partial charge on any atom is -0.495 e. The fourth-order valence-electron chi connectivity index (χ4n) is 4.71. The third-order valence-corrected chi connectivity index (χ3v) is 6.55. The highest BCUT2D eigenvalue weighted by molar-refractivity contribution is 5.97. The van der Waals surface area contributed by atoms with Crippen LogP contribution in [0.1, 0.15) is 66.1 Å². The fraction of sp³-hybridized carbons (Fsp3) is 0.467. The number of rotatable bonds is 15. The van der Waals surface area contributed by atoms with E-state index in [0.717, 1.165) is 53.9 Å². The maximum absolute atomic E-state index is 12.2. The second-order valence-corrected chi connectivity index (χ2v) is 9.24. The van der Waals surface area contributed by atoms with Gasteiger partial charge in [0, 0.05) is 31.0 Å². The molecule has 1 aliphatic heterocycles. The number of aliphatic carboxylic acids is 1. The van der Waals surface area contributed by atoms with Gasteiger partial charge in [-0.15, -0.1) is 6.58 Å². The molecule has 8 nitrogen and oxygen atoms in total. The predicted molar refractivity (Wildman–Crippen MR) is 146 cm³/mol. The number of fused-ring (bicyclic) bond motifs is 1.